The average molecular weight is 327 g/mol. The molecule has 124 valence electrons. The maximum atomic E-state index is 11.8. The number of carbonyl (C=O) groups excluding carboxylic acids is 1. The number of carbonyl (C=O) groups is 1. The van der Waals surface area contributed by atoms with Gasteiger partial charge in [-0.2, -0.15) is 0 Å². The molecule has 1 aromatic rings. The Bertz CT molecular complexity index is 410. The van der Waals surface area contributed by atoms with Gasteiger partial charge >= 0.3 is 0 Å². The van der Waals surface area contributed by atoms with E-state index in [2.05, 4.69) is 10.3 Å². The Morgan fingerprint density at radius 3 is 2.14 bits per heavy atom. The van der Waals surface area contributed by atoms with Gasteiger partial charge in [0, 0.05) is 19.3 Å². The minimum atomic E-state index is -0.0898. The minimum absolute atomic E-state index is 0.0898. The first kappa shape index (κ1) is 18.9. The van der Waals surface area contributed by atoms with Crippen LogP contribution in [0, 0.1) is 0 Å². The number of nitrogens with one attached hydrogen (secondary N) is 1. The molecule has 0 aliphatic rings. The summed E-state index contributed by atoms with van der Waals surface area (Å²) in [5.74, 6) is -0.0898. The summed E-state index contributed by atoms with van der Waals surface area (Å²) in [4.78, 5) is 15.7. The molecular formula is C17H27ClN2O2. The van der Waals surface area contributed by atoms with Gasteiger partial charge in [0.1, 0.15) is 5.15 Å². The number of amides is 1. The molecular weight excluding hydrogens is 300 g/mol. The maximum absolute atomic E-state index is 11.8. The number of aliphatic hydroxyl groups excluding tert-OH is 1. The molecule has 0 aliphatic carbocycles. The second-order valence-electron chi connectivity index (χ2n) is 5.53. The SMILES string of the molecule is O=C(NCCCCCCCCCCCO)c1ccc(Cl)nc1. The maximum Gasteiger partial charge on any atom is 0.252 e. The zero-order valence-electron chi connectivity index (χ0n) is 13.2. The Morgan fingerprint density at radius 2 is 1.59 bits per heavy atom. The van der Waals surface area contributed by atoms with Crippen LogP contribution in [-0.2, 0) is 0 Å². The van der Waals surface area contributed by atoms with Gasteiger partial charge in [0.25, 0.3) is 5.91 Å². The van der Waals surface area contributed by atoms with Crippen LogP contribution >= 0.6 is 11.6 Å². The lowest BCUT2D eigenvalue weighted by Crippen LogP contribution is -2.24. The fourth-order valence-corrected chi connectivity index (χ4v) is 2.40. The molecule has 0 unspecified atom stereocenters. The highest BCUT2D eigenvalue weighted by atomic mass is 35.5. The van der Waals surface area contributed by atoms with Crippen molar-refractivity contribution < 1.29 is 9.90 Å². The van der Waals surface area contributed by atoms with E-state index in [0.717, 1.165) is 25.7 Å². The van der Waals surface area contributed by atoms with Crippen molar-refractivity contribution >= 4 is 17.5 Å². The summed E-state index contributed by atoms with van der Waals surface area (Å²) in [6.45, 7) is 1.02. The van der Waals surface area contributed by atoms with Crippen molar-refractivity contribution in [1.29, 1.82) is 0 Å². The first-order chi connectivity index (χ1) is 10.7. The van der Waals surface area contributed by atoms with E-state index in [4.69, 9.17) is 16.7 Å². The van der Waals surface area contributed by atoms with E-state index < -0.39 is 0 Å². The van der Waals surface area contributed by atoms with E-state index in [1.807, 2.05) is 0 Å². The third-order valence-corrected chi connectivity index (χ3v) is 3.83. The van der Waals surface area contributed by atoms with Crippen molar-refractivity contribution in [2.75, 3.05) is 13.2 Å². The molecule has 22 heavy (non-hydrogen) atoms. The van der Waals surface area contributed by atoms with E-state index in [0.29, 0.717) is 23.9 Å². The van der Waals surface area contributed by atoms with Gasteiger partial charge in [0.2, 0.25) is 0 Å². The van der Waals surface area contributed by atoms with Crippen molar-refractivity contribution in [3.05, 3.63) is 29.0 Å². The van der Waals surface area contributed by atoms with Gasteiger partial charge in [0.05, 0.1) is 5.56 Å². The third-order valence-electron chi connectivity index (χ3n) is 3.61. The number of nitrogens with zero attached hydrogens (tertiary/aromatic N) is 1. The molecule has 0 saturated heterocycles. The van der Waals surface area contributed by atoms with E-state index in [-0.39, 0.29) is 5.91 Å². The molecule has 0 saturated carbocycles. The van der Waals surface area contributed by atoms with Crippen LogP contribution in [0.4, 0.5) is 0 Å². The van der Waals surface area contributed by atoms with Crippen molar-refractivity contribution in [3.63, 3.8) is 0 Å². The number of halogens is 1. The van der Waals surface area contributed by atoms with Crippen LogP contribution in [0.2, 0.25) is 5.15 Å². The lowest BCUT2D eigenvalue weighted by molar-refractivity contribution is 0.0952. The van der Waals surface area contributed by atoms with Gasteiger partial charge in [-0.3, -0.25) is 4.79 Å². The molecule has 1 amide bonds. The van der Waals surface area contributed by atoms with Crippen molar-refractivity contribution in [2.24, 2.45) is 0 Å². The number of aliphatic hydroxyl groups is 1. The largest absolute Gasteiger partial charge is 0.396 e. The molecule has 0 bridgehead atoms. The highest BCUT2D eigenvalue weighted by Crippen LogP contribution is 2.09. The molecule has 1 heterocycles. The summed E-state index contributed by atoms with van der Waals surface area (Å²) >= 11 is 5.69. The van der Waals surface area contributed by atoms with Crippen LogP contribution in [0.15, 0.2) is 18.3 Å². The average Bonchev–Trinajstić information content (AvgIpc) is 2.53. The molecule has 5 heteroatoms. The summed E-state index contributed by atoms with van der Waals surface area (Å²) in [6.07, 6.45) is 12.0. The number of hydrogen-bond donors (Lipinski definition) is 2. The normalized spacial score (nSPS) is 10.6. The molecule has 2 N–H and O–H groups in total. The van der Waals surface area contributed by atoms with E-state index >= 15 is 0 Å². The van der Waals surface area contributed by atoms with Gasteiger partial charge in [-0.05, 0) is 25.0 Å². The Labute approximate surface area is 138 Å². The second kappa shape index (κ2) is 12.4. The highest BCUT2D eigenvalue weighted by Gasteiger charge is 2.04. The number of rotatable bonds is 12. The molecule has 0 atom stereocenters. The first-order valence-electron chi connectivity index (χ1n) is 8.24. The summed E-state index contributed by atoms with van der Waals surface area (Å²) in [5.41, 5.74) is 0.548. The van der Waals surface area contributed by atoms with Crippen molar-refractivity contribution in [2.45, 2.75) is 57.8 Å². The van der Waals surface area contributed by atoms with Crippen LogP contribution < -0.4 is 5.32 Å². The summed E-state index contributed by atoms with van der Waals surface area (Å²) < 4.78 is 0. The van der Waals surface area contributed by atoms with Crippen LogP contribution in [0.5, 0.6) is 0 Å². The first-order valence-corrected chi connectivity index (χ1v) is 8.62. The topological polar surface area (TPSA) is 62.2 Å². The van der Waals surface area contributed by atoms with Gasteiger partial charge in [-0.1, -0.05) is 56.5 Å². The van der Waals surface area contributed by atoms with E-state index in [1.54, 1.807) is 12.1 Å². The Morgan fingerprint density at radius 1 is 1.00 bits per heavy atom. The fraction of sp³-hybridized carbons (Fsp3) is 0.647. The van der Waals surface area contributed by atoms with Crippen LogP contribution in [0.1, 0.15) is 68.1 Å². The molecule has 0 spiro atoms. The highest BCUT2D eigenvalue weighted by molar-refractivity contribution is 6.29. The molecule has 1 aromatic heterocycles. The summed E-state index contributed by atoms with van der Waals surface area (Å²) in [5, 5.41) is 12.0. The Kier molecular flexibility index (Phi) is 10.7. The number of hydrogen-bond acceptors (Lipinski definition) is 3. The zero-order valence-corrected chi connectivity index (χ0v) is 13.9. The quantitative estimate of drug-likeness (QED) is 0.451. The third kappa shape index (κ3) is 9.00. The molecule has 1 rings (SSSR count). The molecule has 0 aliphatic heterocycles. The Hall–Kier alpha value is -1.13. The van der Waals surface area contributed by atoms with Gasteiger partial charge in [-0.15, -0.1) is 0 Å². The van der Waals surface area contributed by atoms with E-state index in [1.165, 1.54) is 38.3 Å². The number of unbranched alkanes of at least 4 members (excludes halogenated alkanes) is 8. The number of pyridine rings is 1. The van der Waals surface area contributed by atoms with Gasteiger partial charge < -0.3 is 10.4 Å². The monoisotopic (exact) mass is 326 g/mol. The molecule has 0 fully saturated rings. The van der Waals surface area contributed by atoms with Crippen LogP contribution in [0.25, 0.3) is 0 Å². The minimum Gasteiger partial charge on any atom is -0.396 e. The summed E-state index contributed by atoms with van der Waals surface area (Å²) in [6, 6.07) is 3.30. The molecule has 0 radical (unpaired) electrons. The predicted octanol–water partition coefficient (Wildman–Crippen LogP) is 3.97. The van der Waals surface area contributed by atoms with Gasteiger partial charge in [-0.25, -0.2) is 4.98 Å². The molecule has 0 aromatic carbocycles. The van der Waals surface area contributed by atoms with Crippen LogP contribution in [0.3, 0.4) is 0 Å². The van der Waals surface area contributed by atoms with Crippen molar-refractivity contribution in [3.8, 4) is 0 Å². The van der Waals surface area contributed by atoms with Gasteiger partial charge in [0.15, 0.2) is 0 Å². The lowest BCUT2D eigenvalue weighted by atomic mass is 10.1. The molecule has 4 nitrogen and oxygen atoms in total. The van der Waals surface area contributed by atoms with E-state index in [9.17, 15) is 4.79 Å². The lowest BCUT2D eigenvalue weighted by Gasteiger charge is -2.05. The van der Waals surface area contributed by atoms with Crippen molar-refractivity contribution in [1.82, 2.24) is 10.3 Å². The second-order valence-corrected chi connectivity index (χ2v) is 5.92. The standard InChI is InChI=1S/C17H27ClN2O2/c18-16-11-10-15(14-20-16)17(22)19-12-8-6-4-2-1-3-5-7-9-13-21/h10-11,14,21H,1-9,12-13H2,(H,19,22). The fourth-order valence-electron chi connectivity index (χ4n) is 2.29. The smallest absolute Gasteiger partial charge is 0.252 e. The number of aromatic nitrogens is 1. The van der Waals surface area contributed by atoms with Crippen LogP contribution in [-0.4, -0.2) is 29.1 Å². The Balaban J connectivity index is 1.93. The zero-order chi connectivity index (χ0) is 16.0. The predicted molar refractivity (Wildman–Crippen MR) is 90.2 cm³/mol. The summed E-state index contributed by atoms with van der Waals surface area (Å²) in [7, 11) is 0.